The van der Waals surface area contributed by atoms with Crippen molar-refractivity contribution in [2.75, 3.05) is 0 Å². The topological polar surface area (TPSA) is 43.8 Å². The predicted molar refractivity (Wildman–Crippen MR) is 74.8 cm³/mol. The molecule has 1 heterocycles. The summed E-state index contributed by atoms with van der Waals surface area (Å²) >= 11 is 6.06. The number of hydrogen-bond donors (Lipinski definition) is 1. The van der Waals surface area contributed by atoms with Gasteiger partial charge in [-0.15, -0.1) is 0 Å². The second-order valence-electron chi connectivity index (χ2n) is 4.57. The molecule has 2 rings (SSSR count). The lowest BCUT2D eigenvalue weighted by Crippen LogP contribution is -2.32. The lowest BCUT2D eigenvalue weighted by atomic mass is 9.98. The van der Waals surface area contributed by atoms with Gasteiger partial charge < -0.3 is 5.73 Å². The first-order valence-electron chi connectivity index (χ1n) is 6.13. The molecule has 0 saturated heterocycles. The van der Waals surface area contributed by atoms with Gasteiger partial charge in [-0.05, 0) is 36.6 Å². The third-order valence-electron chi connectivity index (χ3n) is 3.08. The molecule has 1 aromatic carbocycles. The summed E-state index contributed by atoms with van der Waals surface area (Å²) in [7, 11) is 0. The Hall–Kier alpha value is -1.32. The fraction of sp³-hybridized carbons (Fsp3) is 0.357. The number of nitrogens with zero attached hydrogens (tertiary/aromatic N) is 2. The third-order valence-corrected chi connectivity index (χ3v) is 3.32. The Kier molecular flexibility index (Phi) is 4.04. The number of nitrogens with two attached hydrogens (primary N) is 1. The molecular weight excluding hydrogens is 246 g/mol. The highest BCUT2D eigenvalue weighted by Gasteiger charge is 2.21. The Balaban J connectivity index is 2.43. The maximum absolute atomic E-state index is 6.24. The van der Waals surface area contributed by atoms with Crippen molar-refractivity contribution in [3.63, 3.8) is 0 Å². The molecule has 2 aromatic rings. The fourth-order valence-electron chi connectivity index (χ4n) is 2.10. The molecule has 1 aromatic heterocycles. The molecule has 0 aliphatic carbocycles. The highest BCUT2D eigenvalue weighted by molar-refractivity contribution is 6.30. The summed E-state index contributed by atoms with van der Waals surface area (Å²) in [5, 5.41) is 5.11. The smallest absolute Gasteiger partial charge is 0.0919 e. The normalized spacial score (nSPS) is 14.4. The van der Waals surface area contributed by atoms with Gasteiger partial charge in [-0.1, -0.05) is 30.7 Å². The van der Waals surface area contributed by atoms with Gasteiger partial charge in [-0.3, -0.25) is 4.68 Å². The summed E-state index contributed by atoms with van der Waals surface area (Å²) in [6.45, 7) is 4.11. The summed E-state index contributed by atoms with van der Waals surface area (Å²) in [6.07, 6.45) is 4.75. The second kappa shape index (κ2) is 5.55. The van der Waals surface area contributed by atoms with Crippen LogP contribution in [0.3, 0.4) is 0 Å². The van der Waals surface area contributed by atoms with E-state index in [0.29, 0.717) is 0 Å². The summed E-state index contributed by atoms with van der Waals surface area (Å²) in [6, 6.07) is 7.87. The fourth-order valence-corrected chi connectivity index (χ4v) is 2.29. The molecule has 2 N–H and O–H groups in total. The molecule has 2 atom stereocenters. The zero-order chi connectivity index (χ0) is 13.1. The van der Waals surface area contributed by atoms with Crippen LogP contribution in [0.15, 0.2) is 36.7 Å². The first-order chi connectivity index (χ1) is 8.61. The molecule has 0 bridgehead atoms. The van der Waals surface area contributed by atoms with Crippen molar-refractivity contribution in [3.05, 3.63) is 52.8 Å². The monoisotopic (exact) mass is 263 g/mol. The summed E-state index contributed by atoms with van der Waals surface area (Å²) in [5.74, 6) is 0. The molecule has 3 nitrogen and oxygen atoms in total. The van der Waals surface area contributed by atoms with E-state index >= 15 is 0 Å². The van der Waals surface area contributed by atoms with Crippen molar-refractivity contribution in [1.82, 2.24) is 9.78 Å². The number of aryl methyl sites for hydroxylation is 1. The maximum atomic E-state index is 6.24. The first-order valence-corrected chi connectivity index (χ1v) is 6.51. The van der Waals surface area contributed by atoms with E-state index < -0.39 is 0 Å². The van der Waals surface area contributed by atoms with E-state index in [1.54, 1.807) is 0 Å². The van der Waals surface area contributed by atoms with Crippen molar-refractivity contribution >= 4 is 11.6 Å². The predicted octanol–water partition coefficient (Wildman–Crippen LogP) is 3.17. The van der Waals surface area contributed by atoms with E-state index in [4.69, 9.17) is 17.3 Å². The Labute approximate surface area is 113 Å². The molecule has 0 aliphatic heterocycles. The standard InChI is InChI=1S/C14H18ClN3/c1-3-13(16)14(18-9-10(2)8-17-18)11-5-4-6-12(15)7-11/h4-9,13-14H,3,16H2,1-2H3. The number of hydrogen-bond acceptors (Lipinski definition) is 2. The summed E-state index contributed by atoms with van der Waals surface area (Å²) < 4.78 is 1.93. The number of rotatable bonds is 4. The largest absolute Gasteiger partial charge is 0.326 e. The minimum atomic E-state index is 0.0165. The number of benzene rings is 1. The van der Waals surface area contributed by atoms with Gasteiger partial charge in [0.25, 0.3) is 0 Å². The second-order valence-corrected chi connectivity index (χ2v) is 5.01. The van der Waals surface area contributed by atoms with Crippen molar-refractivity contribution in [2.24, 2.45) is 5.73 Å². The molecule has 0 spiro atoms. The number of aromatic nitrogens is 2. The van der Waals surface area contributed by atoms with Crippen LogP contribution in [0.5, 0.6) is 0 Å². The van der Waals surface area contributed by atoms with Crippen molar-refractivity contribution < 1.29 is 0 Å². The highest BCUT2D eigenvalue weighted by atomic mass is 35.5. The minimum Gasteiger partial charge on any atom is -0.326 e. The van der Waals surface area contributed by atoms with Crippen LogP contribution in [0, 0.1) is 6.92 Å². The lowest BCUT2D eigenvalue weighted by Gasteiger charge is -2.24. The van der Waals surface area contributed by atoms with Gasteiger partial charge in [0.1, 0.15) is 0 Å². The Morgan fingerprint density at radius 3 is 2.78 bits per heavy atom. The van der Waals surface area contributed by atoms with E-state index in [1.165, 1.54) is 0 Å². The van der Waals surface area contributed by atoms with Crippen LogP contribution in [0.2, 0.25) is 5.02 Å². The summed E-state index contributed by atoms with van der Waals surface area (Å²) in [4.78, 5) is 0. The molecule has 2 unspecified atom stereocenters. The van der Waals surface area contributed by atoms with Gasteiger partial charge in [0.2, 0.25) is 0 Å². The number of halogens is 1. The summed E-state index contributed by atoms with van der Waals surface area (Å²) in [5.41, 5.74) is 8.46. The van der Waals surface area contributed by atoms with Crippen LogP contribution in [-0.4, -0.2) is 15.8 Å². The van der Waals surface area contributed by atoms with Crippen molar-refractivity contribution in [3.8, 4) is 0 Å². The zero-order valence-corrected chi connectivity index (χ0v) is 11.4. The van der Waals surface area contributed by atoms with E-state index in [0.717, 1.165) is 22.6 Å². The molecule has 4 heteroatoms. The highest BCUT2D eigenvalue weighted by Crippen LogP contribution is 2.25. The lowest BCUT2D eigenvalue weighted by molar-refractivity contribution is 0.424. The van der Waals surface area contributed by atoms with E-state index in [9.17, 15) is 0 Å². The van der Waals surface area contributed by atoms with Gasteiger partial charge in [-0.2, -0.15) is 5.10 Å². The van der Waals surface area contributed by atoms with Gasteiger partial charge in [-0.25, -0.2) is 0 Å². The van der Waals surface area contributed by atoms with E-state index in [1.807, 2.05) is 48.3 Å². The van der Waals surface area contributed by atoms with Crippen LogP contribution in [0.25, 0.3) is 0 Å². The van der Waals surface area contributed by atoms with Gasteiger partial charge in [0.05, 0.1) is 12.2 Å². The molecule has 0 saturated carbocycles. The molecular formula is C14H18ClN3. The van der Waals surface area contributed by atoms with Crippen molar-refractivity contribution in [2.45, 2.75) is 32.4 Å². The van der Waals surface area contributed by atoms with Gasteiger partial charge in [0.15, 0.2) is 0 Å². The molecule has 0 radical (unpaired) electrons. The molecule has 0 amide bonds. The van der Waals surface area contributed by atoms with Crippen LogP contribution >= 0.6 is 11.6 Å². The van der Waals surface area contributed by atoms with E-state index in [-0.39, 0.29) is 12.1 Å². The van der Waals surface area contributed by atoms with Crippen LogP contribution in [0.4, 0.5) is 0 Å². The van der Waals surface area contributed by atoms with Crippen molar-refractivity contribution in [1.29, 1.82) is 0 Å². The quantitative estimate of drug-likeness (QED) is 0.921. The van der Waals surface area contributed by atoms with Gasteiger partial charge >= 0.3 is 0 Å². The average Bonchev–Trinajstić information content (AvgIpc) is 2.76. The Bertz CT molecular complexity index is 521. The van der Waals surface area contributed by atoms with E-state index in [2.05, 4.69) is 12.0 Å². The average molecular weight is 264 g/mol. The van der Waals surface area contributed by atoms with Crippen LogP contribution < -0.4 is 5.73 Å². The van der Waals surface area contributed by atoms with Crippen LogP contribution in [-0.2, 0) is 0 Å². The molecule has 0 fully saturated rings. The molecule has 0 aliphatic rings. The molecule has 18 heavy (non-hydrogen) atoms. The minimum absolute atomic E-state index is 0.0165. The Morgan fingerprint density at radius 1 is 1.44 bits per heavy atom. The van der Waals surface area contributed by atoms with Gasteiger partial charge in [0, 0.05) is 17.3 Å². The van der Waals surface area contributed by atoms with Crippen LogP contribution in [0.1, 0.15) is 30.5 Å². The first kappa shape index (κ1) is 13.1. The maximum Gasteiger partial charge on any atom is 0.0919 e. The zero-order valence-electron chi connectivity index (χ0n) is 10.7. The Morgan fingerprint density at radius 2 is 2.22 bits per heavy atom. The SMILES string of the molecule is CCC(N)C(c1cccc(Cl)c1)n1cc(C)cn1. The third kappa shape index (κ3) is 2.74. The molecule has 96 valence electrons.